The van der Waals surface area contributed by atoms with Crippen molar-refractivity contribution in [1.82, 2.24) is 0 Å². The van der Waals surface area contributed by atoms with E-state index in [0.717, 1.165) is 6.61 Å². The van der Waals surface area contributed by atoms with Crippen LogP contribution in [0.5, 0.6) is 0 Å². The number of hydrogen-bond donors (Lipinski definition) is 0. The summed E-state index contributed by atoms with van der Waals surface area (Å²) in [6, 6.07) is 0. The zero-order valence-electron chi connectivity index (χ0n) is 22.4. The van der Waals surface area contributed by atoms with E-state index < -0.39 is 0 Å². The van der Waals surface area contributed by atoms with Crippen molar-refractivity contribution in [3.05, 3.63) is 0 Å². The highest BCUT2D eigenvalue weighted by Gasteiger charge is 2.09. The molecule has 0 aromatic carbocycles. The van der Waals surface area contributed by atoms with Crippen LogP contribution in [-0.2, 0) is 4.74 Å². The Morgan fingerprint density at radius 2 is 0.645 bits per heavy atom. The fourth-order valence-electron chi connectivity index (χ4n) is 4.63. The van der Waals surface area contributed by atoms with Crippen LogP contribution in [0, 0.1) is 0 Å². The molecule has 0 aliphatic heterocycles. The van der Waals surface area contributed by atoms with E-state index in [0.29, 0.717) is 6.10 Å². The molecule has 0 aromatic heterocycles. The maximum atomic E-state index is 6.37. The van der Waals surface area contributed by atoms with Crippen molar-refractivity contribution in [1.29, 1.82) is 0 Å². The fourth-order valence-corrected chi connectivity index (χ4v) is 4.63. The van der Waals surface area contributed by atoms with E-state index in [-0.39, 0.29) is 0 Å². The van der Waals surface area contributed by atoms with Gasteiger partial charge in [-0.2, -0.15) is 0 Å². The standard InChI is InChI=1S/C30H62O/c1-4-7-10-13-15-17-19-21-23-26-29-31-30(27-24-12-9-6-3)28-25-22-20-18-16-14-11-8-5-2/h30H,4-29H2,1-3H3. The van der Waals surface area contributed by atoms with Crippen molar-refractivity contribution in [3.63, 3.8) is 0 Å². The third-order valence-corrected chi connectivity index (χ3v) is 6.86. The van der Waals surface area contributed by atoms with Crippen molar-refractivity contribution in [2.75, 3.05) is 6.61 Å². The Balaban J connectivity index is 3.67. The third kappa shape index (κ3) is 26.1. The summed E-state index contributed by atoms with van der Waals surface area (Å²) >= 11 is 0. The molecule has 1 heteroatoms. The number of hydrogen-bond acceptors (Lipinski definition) is 1. The summed E-state index contributed by atoms with van der Waals surface area (Å²) in [5, 5.41) is 0. The molecule has 1 nitrogen and oxygen atoms in total. The summed E-state index contributed by atoms with van der Waals surface area (Å²) in [6.07, 6.45) is 35.6. The first-order valence-electron chi connectivity index (χ1n) is 15.0. The monoisotopic (exact) mass is 438 g/mol. The molecule has 0 fully saturated rings. The zero-order valence-corrected chi connectivity index (χ0v) is 22.4. The average molecular weight is 439 g/mol. The first-order valence-corrected chi connectivity index (χ1v) is 15.0. The molecule has 1 atom stereocenters. The molecule has 0 rings (SSSR count). The highest BCUT2D eigenvalue weighted by atomic mass is 16.5. The van der Waals surface area contributed by atoms with E-state index >= 15 is 0 Å². The van der Waals surface area contributed by atoms with E-state index in [1.807, 2.05) is 0 Å². The van der Waals surface area contributed by atoms with Crippen molar-refractivity contribution in [2.24, 2.45) is 0 Å². The second-order valence-corrected chi connectivity index (χ2v) is 10.1. The first kappa shape index (κ1) is 31.0. The maximum absolute atomic E-state index is 6.37. The summed E-state index contributed by atoms with van der Waals surface area (Å²) in [6.45, 7) is 7.92. The van der Waals surface area contributed by atoms with Gasteiger partial charge in [-0.05, 0) is 19.3 Å². The SMILES string of the molecule is CCCCCCCCCCCCOC(CCCCCC)CCCCCCCCCCC. The summed E-state index contributed by atoms with van der Waals surface area (Å²) in [5.41, 5.74) is 0. The molecule has 31 heavy (non-hydrogen) atoms. The molecule has 1 unspecified atom stereocenters. The predicted molar refractivity (Wildman–Crippen MR) is 142 cm³/mol. The summed E-state index contributed by atoms with van der Waals surface area (Å²) in [7, 11) is 0. The lowest BCUT2D eigenvalue weighted by Crippen LogP contribution is -2.14. The molecule has 0 aliphatic carbocycles. The topological polar surface area (TPSA) is 9.23 Å². The van der Waals surface area contributed by atoms with E-state index in [1.54, 1.807) is 0 Å². The molecular weight excluding hydrogens is 376 g/mol. The van der Waals surface area contributed by atoms with E-state index in [9.17, 15) is 0 Å². The van der Waals surface area contributed by atoms with Gasteiger partial charge in [-0.3, -0.25) is 0 Å². The summed E-state index contributed by atoms with van der Waals surface area (Å²) < 4.78 is 6.37. The second kappa shape index (κ2) is 28.0. The number of unbranched alkanes of at least 4 members (excludes halogenated alkanes) is 20. The minimum absolute atomic E-state index is 0.542. The highest BCUT2D eigenvalue weighted by Crippen LogP contribution is 2.18. The van der Waals surface area contributed by atoms with Crippen molar-refractivity contribution >= 4 is 0 Å². The lowest BCUT2D eigenvalue weighted by molar-refractivity contribution is 0.0357. The zero-order chi connectivity index (χ0) is 22.7. The molecule has 0 saturated heterocycles. The smallest absolute Gasteiger partial charge is 0.0575 e. The van der Waals surface area contributed by atoms with Gasteiger partial charge >= 0.3 is 0 Å². The molecule has 0 aromatic rings. The van der Waals surface area contributed by atoms with Crippen molar-refractivity contribution in [3.8, 4) is 0 Å². The van der Waals surface area contributed by atoms with Gasteiger partial charge in [0.1, 0.15) is 0 Å². The first-order chi connectivity index (χ1) is 15.3. The quantitative estimate of drug-likeness (QED) is 0.116. The molecule has 0 heterocycles. The highest BCUT2D eigenvalue weighted by molar-refractivity contribution is 4.61. The van der Waals surface area contributed by atoms with Crippen LogP contribution in [0.25, 0.3) is 0 Å². The van der Waals surface area contributed by atoms with E-state index in [2.05, 4.69) is 20.8 Å². The van der Waals surface area contributed by atoms with Gasteiger partial charge < -0.3 is 4.74 Å². The van der Waals surface area contributed by atoms with Gasteiger partial charge in [-0.15, -0.1) is 0 Å². The molecule has 188 valence electrons. The van der Waals surface area contributed by atoms with Crippen molar-refractivity contribution < 1.29 is 4.74 Å². The predicted octanol–water partition coefficient (Wildman–Crippen LogP) is 11.2. The van der Waals surface area contributed by atoms with Crippen LogP contribution in [0.4, 0.5) is 0 Å². The number of ether oxygens (including phenoxy) is 1. The Labute approximate surface area is 198 Å². The van der Waals surface area contributed by atoms with Gasteiger partial charge in [0.15, 0.2) is 0 Å². The molecule has 0 spiro atoms. The van der Waals surface area contributed by atoms with E-state index in [4.69, 9.17) is 4.74 Å². The van der Waals surface area contributed by atoms with Crippen molar-refractivity contribution in [2.45, 2.75) is 187 Å². The molecule has 0 bridgehead atoms. The van der Waals surface area contributed by atoms with Gasteiger partial charge in [0.05, 0.1) is 6.10 Å². The Morgan fingerprint density at radius 3 is 1.03 bits per heavy atom. The van der Waals surface area contributed by atoms with Crippen LogP contribution in [0.15, 0.2) is 0 Å². The molecule has 0 radical (unpaired) electrons. The van der Waals surface area contributed by atoms with Gasteiger partial charge in [0.25, 0.3) is 0 Å². The Bertz CT molecular complexity index is 301. The Hall–Kier alpha value is -0.0400. The van der Waals surface area contributed by atoms with Gasteiger partial charge in [-0.25, -0.2) is 0 Å². The molecule has 0 amide bonds. The van der Waals surface area contributed by atoms with Crippen LogP contribution in [0.1, 0.15) is 181 Å². The van der Waals surface area contributed by atoms with Crippen LogP contribution in [0.3, 0.4) is 0 Å². The Morgan fingerprint density at radius 1 is 0.355 bits per heavy atom. The molecule has 0 aliphatic rings. The number of rotatable bonds is 27. The van der Waals surface area contributed by atoms with Crippen LogP contribution < -0.4 is 0 Å². The average Bonchev–Trinajstić information content (AvgIpc) is 2.78. The molecular formula is C30H62O. The van der Waals surface area contributed by atoms with Gasteiger partial charge in [0, 0.05) is 6.61 Å². The Kier molecular flexibility index (Phi) is 28.0. The van der Waals surface area contributed by atoms with Crippen LogP contribution in [-0.4, -0.2) is 12.7 Å². The lowest BCUT2D eigenvalue weighted by atomic mass is 10.0. The van der Waals surface area contributed by atoms with Gasteiger partial charge in [-0.1, -0.05) is 162 Å². The summed E-state index contributed by atoms with van der Waals surface area (Å²) in [4.78, 5) is 0. The van der Waals surface area contributed by atoms with Crippen LogP contribution in [0.2, 0.25) is 0 Å². The largest absolute Gasteiger partial charge is 0.378 e. The van der Waals surface area contributed by atoms with Gasteiger partial charge in [0.2, 0.25) is 0 Å². The summed E-state index contributed by atoms with van der Waals surface area (Å²) in [5.74, 6) is 0. The second-order valence-electron chi connectivity index (χ2n) is 10.1. The fraction of sp³-hybridized carbons (Fsp3) is 1.00. The molecule has 0 N–H and O–H groups in total. The van der Waals surface area contributed by atoms with Crippen LogP contribution >= 0.6 is 0 Å². The third-order valence-electron chi connectivity index (χ3n) is 6.86. The minimum atomic E-state index is 0.542. The minimum Gasteiger partial charge on any atom is -0.378 e. The molecule has 0 saturated carbocycles. The normalized spacial score (nSPS) is 12.5. The lowest BCUT2D eigenvalue weighted by Gasteiger charge is -2.18. The van der Waals surface area contributed by atoms with E-state index in [1.165, 1.54) is 161 Å². The maximum Gasteiger partial charge on any atom is 0.0575 e.